The first-order valence-electron chi connectivity index (χ1n) is 6.95. The molecule has 1 aromatic carbocycles. The fourth-order valence-electron chi connectivity index (χ4n) is 3.35. The summed E-state index contributed by atoms with van der Waals surface area (Å²) in [5, 5.41) is 9.87. The number of methoxy groups -OCH3 is 1. The average Bonchev–Trinajstić information content (AvgIpc) is 3.02. The summed E-state index contributed by atoms with van der Waals surface area (Å²) in [5.74, 6) is -0.471. The summed E-state index contributed by atoms with van der Waals surface area (Å²) in [5.41, 5.74) is 0. The van der Waals surface area contributed by atoms with Crippen molar-refractivity contribution in [2.75, 3.05) is 20.2 Å². The van der Waals surface area contributed by atoms with Crippen LogP contribution in [0.15, 0.2) is 23.1 Å². The highest BCUT2D eigenvalue weighted by Gasteiger charge is 2.45. The Morgan fingerprint density at radius 3 is 2.71 bits per heavy atom. The Kier molecular flexibility index (Phi) is 3.67. The van der Waals surface area contributed by atoms with Gasteiger partial charge in [-0.15, -0.1) is 0 Å². The second-order valence-electron chi connectivity index (χ2n) is 5.69. The van der Waals surface area contributed by atoms with Crippen LogP contribution in [0.4, 0.5) is 4.39 Å². The maximum absolute atomic E-state index is 13.7. The van der Waals surface area contributed by atoms with Gasteiger partial charge >= 0.3 is 0 Å². The number of fused-ring (bicyclic) bond motifs is 1. The van der Waals surface area contributed by atoms with Crippen molar-refractivity contribution in [1.82, 2.24) is 4.31 Å². The van der Waals surface area contributed by atoms with Gasteiger partial charge in [-0.1, -0.05) is 0 Å². The van der Waals surface area contributed by atoms with Crippen molar-refractivity contribution in [3.8, 4) is 5.75 Å². The maximum atomic E-state index is 13.7. The van der Waals surface area contributed by atoms with Crippen LogP contribution in [0.25, 0.3) is 0 Å². The van der Waals surface area contributed by atoms with Crippen LogP contribution >= 0.6 is 0 Å². The van der Waals surface area contributed by atoms with Gasteiger partial charge in [0.2, 0.25) is 10.0 Å². The lowest BCUT2D eigenvalue weighted by atomic mass is 10.00. The molecule has 2 aliphatic rings. The van der Waals surface area contributed by atoms with Crippen molar-refractivity contribution in [3.63, 3.8) is 0 Å². The number of ether oxygens (including phenoxy) is 1. The number of aliphatic hydroxyl groups is 1. The molecule has 1 saturated heterocycles. The normalized spacial score (nSPS) is 29.6. The Morgan fingerprint density at radius 1 is 1.33 bits per heavy atom. The number of aliphatic hydroxyl groups excluding tert-OH is 1. The molecule has 3 atom stereocenters. The molecule has 1 N–H and O–H groups in total. The third-order valence-electron chi connectivity index (χ3n) is 4.55. The van der Waals surface area contributed by atoms with E-state index in [0.717, 1.165) is 18.9 Å². The van der Waals surface area contributed by atoms with Crippen LogP contribution in [-0.2, 0) is 10.0 Å². The molecule has 0 amide bonds. The van der Waals surface area contributed by atoms with Gasteiger partial charge in [0.1, 0.15) is 0 Å². The molecule has 1 aliphatic carbocycles. The third-order valence-corrected chi connectivity index (χ3v) is 6.37. The Balaban J connectivity index is 1.86. The molecule has 1 saturated carbocycles. The number of nitrogens with zero attached hydrogens (tertiary/aromatic N) is 1. The zero-order valence-electron chi connectivity index (χ0n) is 11.7. The van der Waals surface area contributed by atoms with Gasteiger partial charge in [-0.05, 0) is 37.0 Å². The van der Waals surface area contributed by atoms with Gasteiger partial charge in [0, 0.05) is 19.0 Å². The van der Waals surface area contributed by atoms with E-state index >= 15 is 0 Å². The Hall–Kier alpha value is -1.18. The summed E-state index contributed by atoms with van der Waals surface area (Å²) in [6, 6.07) is 3.65. The van der Waals surface area contributed by atoms with Crippen LogP contribution < -0.4 is 4.74 Å². The second kappa shape index (κ2) is 5.23. The number of hydrogen-bond donors (Lipinski definition) is 1. The summed E-state index contributed by atoms with van der Waals surface area (Å²) in [6.45, 7) is 0.708. The van der Waals surface area contributed by atoms with Gasteiger partial charge in [-0.25, -0.2) is 12.8 Å². The predicted octanol–water partition coefficient (Wildman–Crippen LogP) is 1.23. The molecule has 0 aromatic heterocycles. The third kappa shape index (κ3) is 2.43. The highest BCUT2D eigenvalue weighted by Crippen LogP contribution is 2.40. The highest BCUT2D eigenvalue weighted by molar-refractivity contribution is 7.89. The molecule has 0 spiro atoms. The monoisotopic (exact) mass is 315 g/mol. The van der Waals surface area contributed by atoms with E-state index in [1.165, 1.54) is 23.5 Å². The largest absolute Gasteiger partial charge is 0.494 e. The van der Waals surface area contributed by atoms with Gasteiger partial charge in [-0.2, -0.15) is 4.31 Å². The lowest BCUT2D eigenvalue weighted by Crippen LogP contribution is -2.31. The molecular weight excluding hydrogens is 297 g/mol. The van der Waals surface area contributed by atoms with E-state index in [0.29, 0.717) is 13.1 Å². The maximum Gasteiger partial charge on any atom is 0.243 e. The lowest BCUT2D eigenvalue weighted by Gasteiger charge is -2.18. The van der Waals surface area contributed by atoms with Crippen LogP contribution in [0, 0.1) is 17.7 Å². The van der Waals surface area contributed by atoms with Crippen molar-refractivity contribution in [2.45, 2.75) is 23.8 Å². The van der Waals surface area contributed by atoms with Crippen LogP contribution in [-0.4, -0.2) is 44.1 Å². The van der Waals surface area contributed by atoms with Gasteiger partial charge in [-0.3, -0.25) is 0 Å². The van der Waals surface area contributed by atoms with Gasteiger partial charge in [0.05, 0.1) is 18.1 Å². The van der Waals surface area contributed by atoms with E-state index in [1.807, 2.05) is 0 Å². The Morgan fingerprint density at radius 2 is 2.10 bits per heavy atom. The van der Waals surface area contributed by atoms with E-state index in [4.69, 9.17) is 4.74 Å². The highest BCUT2D eigenvalue weighted by atomic mass is 32.2. The number of sulfonamides is 1. The SMILES string of the molecule is COc1ccc(S(=O)(=O)N2CC3CCC(O)C3C2)cc1F. The van der Waals surface area contributed by atoms with E-state index in [-0.39, 0.29) is 22.5 Å². The summed E-state index contributed by atoms with van der Waals surface area (Å²) in [7, 11) is -2.40. The topological polar surface area (TPSA) is 66.8 Å². The molecule has 2 fully saturated rings. The molecular formula is C14H18FNO4S. The summed E-state index contributed by atoms with van der Waals surface area (Å²) in [4.78, 5) is -0.0738. The van der Waals surface area contributed by atoms with Gasteiger partial charge < -0.3 is 9.84 Å². The molecule has 3 unspecified atom stereocenters. The molecule has 1 heterocycles. The van der Waals surface area contributed by atoms with E-state index in [1.54, 1.807) is 0 Å². The van der Waals surface area contributed by atoms with Crippen molar-refractivity contribution >= 4 is 10.0 Å². The van der Waals surface area contributed by atoms with Crippen molar-refractivity contribution < 1.29 is 22.7 Å². The number of hydrogen-bond acceptors (Lipinski definition) is 4. The predicted molar refractivity (Wildman–Crippen MR) is 73.9 cm³/mol. The molecule has 1 aliphatic heterocycles. The van der Waals surface area contributed by atoms with Crippen LogP contribution in [0.5, 0.6) is 5.75 Å². The standard InChI is InChI=1S/C14H18FNO4S/c1-20-14-5-3-10(6-12(14)15)21(18,19)16-7-9-2-4-13(17)11(9)8-16/h3,5-6,9,11,13,17H,2,4,7-8H2,1H3. The molecule has 116 valence electrons. The molecule has 21 heavy (non-hydrogen) atoms. The van der Waals surface area contributed by atoms with Crippen LogP contribution in [0.2, 0.25) is 0 Å². The number of benzene rings is 1. The molecule has 3 rings (SSSR count). The van der Waals surface area contributed by atoms with Crippen molar-refractivity contribution in [2.24, 2.45) is 11.8 Å². The first-order chi connectivity index (χ1) is 9.93. The molecule has 0 bridgehead atoms. The van der Waals surface area contributed by atoms with E-state index < -0.39 is 21.9 Å². The van der Waals surface area contributed by atoms with E-state index in [2.05, 4.69) is 0 Å². The van der Waals surface area contributed by atoms with Crippen molar-refractivity contribution in [3.05, 3.63) is 24.0 Å². The summed E-state index contributed by atoms with van der Waals surface area (Å²) >= 11 is 0. The molecule has 0 radical (unpaired) electrons. The lowest BCUT2D eigenvalue weighted by molar-refractivity contribution is 0.129. The van der Waals surface area contributed by atoms with Crippen molar-refractivity contribution in [1.29, 1.82) is 0 Å². The smallest absolute Gasteiger partial charge is 0.243 e. The molecule has 1 aromatic rings. The Labute approximate surface area is 123 Å². The fourth-order valence-corrected chi connectivity index (χ4v) is 4.90. The van der Waals surface area contributed by atoms with Crippen LogP contribution in [0.1, 0.15) is 12.8 Å². The summed E-state index contributed by atoms with van der Waals surface area (Å²) in [6.07, 6.45) is 1.15. The first kappa shape index (κ1) is 14.7. The number of rotatable bonds is 3. The summed E-state index contributed by atoms with van der Waals surface area (Å²) < 4.78 is 45.0. The molecule has 7 heteroatoms. The first-order valence-corrected chi connectivity index (χ1v) is 8.39. The number of halogens is 1. The minimum absolute atomic E-state index is 0.00266. The quantitative estimate of drug-likeness (QED) is 0.911. The zero-order valence-corrected chi connectivity index (χ0v) is 12.5. The fraction of sp³-hybridized carbons (Fsp3) is 0.571. The van der Waals surface area contributed by atoms with E-state index in [9.17, 15) is 17.9 Å². The van der Waals surface area contributed by atoms with Gasteiger partial charge in [0.15, 0.2) is 11.6 Å². The minimum Gasteiger partial charge on any atom is -0.494 e. The second-order valence-corrected chi connectivity index (χ2v) is 7.62. The average molecular weight is 315 g/mol. The van der Waals surface area contributed by atoms with Gasteiger partial charge in [0.25, 0.3) is 0 Å². The Bertz CT molecular complexity index is 648. The van der Waals surface area contributed by atoms with Crippen LogP contribution in [0.3, 0.4) is 0 Å². The minimum atomic E-state index is -3.72. The zero-order chi connectivity index (χ0) is 15.2. The molecule has 5 nitrogen and oxygen atoms in total.